The summed E-state index contributed by atoms with van der Waals surface area (Å²) in [4.78, 5) is 15.6. The maximum absolute atomic E-state index is 12.7. The van der Waals surface area contributed by atoms with Crippen molar-refractivity contribution in [1.82, 2.24) is 10.3 Å². The number of pyridine rings is 1. The standard InChI is InChI=1S/C14H10ClF3N2O/c15-12-10(2-1-3-11(12)14(16,17)18)8-20-13(21)9-4-6-19-7-5-9/h1-7H,8H2,(H,20,21). The number of aromatic nitrogens is 1. The largest absolute Gasteiger partial charge is 0.417 e. The number of carbonyl (C=O) groups excluding carboxylic acids is 1. The number of carbonyl (C=O) groups is 1. The van der Waals surface area contributed by atoms with Crippen molar-refractivity contribution in [3.05, 3.63) is 64.4 Å². The molecule has 3 nitrogen and oxygen atoms in total. The van der Waals surface area contributed by atoms with Gasteiger partial charge in [0.15, 0.2) is 0 Å². The molecule has 0 radical (unpaired) electrons. The van der Waals surface area contributed by atoms with Crippen molar-refractivity contribution in [2.45, 2.75) is 12.7 Å². The average molecular weight is 315 g/mol. The van der Waals surface area contributed by atoms with Gasteiger partial charge < -0.3 is 5.32 Å². The lowest BCUT2D eigenvalue weighted by Gasteiger charge is -2.13. The van der Waals surface area contributed by atoms with Gasteiger partial charge >= 0.3 is 6.18 Å². The molecular weight excluding hydrogens is 305 g/mol. The van der Waals surface area contributed by atoms with E-state index in [0.29, 0.717) is 5.56 Å². The van der Waals surface area contributed by atoms with E-state index in [1.807, 2.05) is 0 Å². The summed E-state index contributed by atoms with van der Waals surface area (Å²) < 4.78 is 38.1. The second-order valence-corrected chi connectivity index (χ2v) is 4.57. The minimum absolute atomic E-state index is 0.0933. The molecule has 0 aliphatic rings. The lowest BCUT2D eigenvalue weighted by molar-refractivity contribution is -0.137. The molecule has 1 amide bonds. The minimum atomic E-state index is -4.53. The van der Waals surface area contributed by atoms with Crippen molar-refractivity contribution >= 4 is 17.5 Å². The topological polar surface area (TPSA) is 42.0 Å². The molecule has 110 valence electrons. The van der Waals surface area contributed by atoms with Crippen molar-refractivity contribution in [3.63, 3.8) is 0 Å². The van der Waals surface area contributed by atoms with Gasteiger partial charge in [0.05, 0.1) is 10.6 Å². The molecular formula is C14H10ClF3N2O. The molecule has 0 fully saturated rings. The molecule has 0 spiro atoms. The number of hydrogen-bond donors (Lipinski definition) is 1. The zero-order chi connectivity index (χ0) is 15.5. The molecule has 2 aromatic rings. The molecule has 0 aliphatic heterocycles. The van der Waals surface area contributed by atoms with Gasteiger partial charge in [-0.15, -0.1) is 0 Å². The third-order valence-corrected chi connectivity index (χ3v) is 3.21. The molecule has 2 rings (SSSR count). The fourth-order valence-corrected chi connectivity index (χ4v) is 2.02. The van der Waals surface area contributed by atoms with Crippen molar-refractivity contribution in [1.29, 1.82) is 0 Å². The molecule has 1 aromatic carbocycles. The van der Waals surface area contributed by atoms with Crippen LogP contribution in [0.4, 0.5) is 13.2 Å². The molecule has 1 N–H and O–H groups in total. The van der Waals surface area contributed by atoms with Gasteiger partial charge in [-0.2, -0.15) is 13.2 Å². The maximum atomic E-state index is 12.7. The average Bonchev–Trinajstić information content (AvgIpc) is 2.45. The zero-order valence-electron chi connectivity index (χ0n) is 10.6. The minimum Gasteiger partial charge on any atom is -0.348 e. The smallest absolute Gasteiger partial charge is 0.348 e. The van der Waals surface area contributed by atoms with E-state index in [0.717, 1.165) is 6.07 Å². The Morgan fingerprint density at radius 2 is 1.86 bits per heavy atom. The van der Waals surface area contributed by atoms with Crippen LogP contribution in [0.25, 0.3) is 0 Å². The van der Waals surface area contributed by atoms with Crippen LogP contribution in [0, 0.1) is 0 Å². The highest BCUT2D eigenvalue weighted by Gasteiger charge is 2.33. The van der Waals surface area contributed by atoms with Crippen LogP contribution in [0.3, 0.4) is 0 Å². The first-order valence-corrected chi connectivity index (χ1v) is 6.30. The zero-order valence-corrected chi connectivity index (χ0v) is 11.4. The summed E-state index contributed by atoms with van der Waals surface area (Å²) >= 11 is 5.74. The number of nitrogens with zero attached hydrogens (tertiary/aromatic N) is 1. The van der Waals surface area contributed by atoms with Crippen LogP contribution in [0.2, 0.25) is 5.02 Å². The molecule has 0 aliphatic carbocycles. The van der Waals surface area contributed by atoms with Gasteiger partial charge in [-0.1, -0.05) is 23.7 Å². The predicted octanol–water partition coefficient (Wildman–Crippen LogP) is 3.68. The number of halogens is 4. The maximum Gasteiger partial charge on any atom is 0.417 e. The fourth-order valence-electron chi connectivity index (χ4n) is 1.72. The summed E-state index contributed by atoms with van der Waals surface area (Å²) in [7, 11) is 0. The Morgan fingerprint density at radius 3 is 2.48 bits per heavy atom. The van der Waals surface area contributed by atoms with E-state index in [4.69, 9.17) is 11.6 Å². The van der Waals surface area contributed by atoms with Crippen LogP contribution in [0.15, 0.2) is 42.7 Å². The summed E-state index contributed by atoms with van der Waals surface area (Å²) in [5.74, 6) is -0.411. The highest BCUT2D eigenvalue weighted by atomic mass is 35.5. The lowest BCUT2D eigenvalue weighted by atomic mass is 10.1. The van der Waals surface area contributed by atoms with Gasteiger partial charge in [0.25, 0.3) is 5.91 Å². The Hall–Kier alpha value is -2.08. The number of alkyl halides is 3. The quantitative estimate of drug-likeness (QED) is 0.939. The lowest BCUT2D eigenvalue weighted by Crippen LogP contribution is -2.23. The SMILES string of the molecule is O=C(NCc1cccc(C(F)(F)F)c1Cl)c1ccncc1. The molecule has 1 heterocycles. The van der Waals surface area contributed by atoms with E-state index in [2.05, 4.69) is 10.3 Å². The highest BCUT2D eigenvalue weighted by molar-refractivity contribution is 6.32. The van der Waals surface area contributed by atoms with Crippen LogP contribution in [-0.2, 0) is 12.7 Å². The van der Waals surface area contributed by atoms with Gasteiger partial charge in [-0.3, -0.25) is 9.78 Å². The van der Waals surface area contributed by atoms with E-state index in [9.17, 15) is 18.0 Å². The first-order chi connectivity index (χ1) is 9.89. The van der Waals surface area contributed by atoms with Crippen molar-refractivity contribution in [2.24, 2.45) is 0 Å². The van der Waals surface area contributed by atoms with Gasteiger partial charge in [0, 0.05) is 24.5 Å². The van der Waals surface area contributed by atoms with E-state index in [-0.39, 0.29) is 12.1 Å². The normalized spacial score (nSPS) is 11.2. The van der Waals surface area contributed by atoms with Crippen LogP contribution in [-0.4, -0.2) is 10.9 Å². The molecule has 0 saturated heterocycles. The second kappa shape index (κ2) is 6.13. The van der Waals surface area contributed by atoms with Crippen LogP contribution < -0.4 is 5.32 Å². The Balaban J connectivity index is 2.13. The molecule has 0 atom stereocenters. The van der Waals surface area contributed by atoms with Crippen molar-refractivity contribution in [2.75, 3.05) is 0 Å². The third kappa shape index (κ3) is 3.72. The van der Waals surface area contributed by atoms with Crippen molar-refractivity contribution in [3.8, 4) is 0 Å². The van der Waals surface area contributed by atoms with Gasteiger partial charge in [0.1, 0.15) is 0 Å². The Labute approximate surface area is 123 Å². The van der Waals surface area contributed by atoms with Crippen LogP contribution in [0.5, 0.6) is 0 Å². The van der Waals surface area contributed by atoms with E-state index >= 15 is 0 Å². The number of nitrogens with one attached hydrogen (secondary N) is 1. The van der Waals surface area contributed by atoms with Crippen LogP contribution >= 0.6 is 11.6 Å². The Kier molecular flexibility index (Phi) is 4.47. The monoisotopic (exact) mass is 314 g/mol. The Bertz CT molecular complexity index is 644. The number of hydrogen-bond acceptors (Lipinski definition) is 2. The number of benzene rings is 1. The first-order valence-electron chi connectivity index (χ1n) is 5.92. The van der Waals surface area contributed by atoms with Gasteiger partial charge in [-0.05, 0) is 23.8 Å². The van der Waals surface area contributed by atoms with Crippen molar-refractivity contribution < 1.29 is 18.0 Å². The predicted molar refractivity (Wildman–Crippen MR) is 71.9 cm³/mol. The molecule has 0 saturated carbocycles. The molecule has 1 aromatic heterocycles. The molecule has 0 unspecified atom stereocenters. The number of rotatable bonds is 3. The second-order valence-electron chi connectivity index (χ2n) is 4.20. The fraction of sp³-hybridized carbons (Fsp3) is 0.143. The van der Waals surface area contributed by atoms with Gasteiger partial charge in [-0.25, -0.2) is 0 Å². The summed E-state index contributed by atoms with van der Waals surface area (Å²) in [5.41, 5.74) is -0.346. The highest BCUT2D eigenvalue weighted by Crippen LogP contribution is 2.36. The molecule has 7 heteroatoms. The molecule has 21 heavy (non-hydrogen) atoms. The van der Waals surface area contributed by atoms with E-state index < -0.39 is 22.7 Å². The van der Waals surface area contributed by atoms with Crippen LogP contribution in [0.1, 0.15) is 21.5 Å². The first kappa shape index (κ1) is 15.3. The Morgan fingerprint density at radius 1 is 1.19 bits per heavy atom. The molecule has 0 bridgehead atoms. The number of amides is 1. The van der Waals surface area contributed by atoms with E-state index in [1.165, 1.54) is 36.7 Å². The summed E-state index contributed by atoms with van der Waals surface area (Å²) in [6.45, 7) is -0.0933. The summed E-state index contributed by atoms with van der Waals surface area (Å²) in [5, 5.41) is 2.11. The summed E-state index contributed by atoms with van der Waals surface area (Å²) in [6.07, 6.45) is -1.62. The van der Waals surface area contributed by atoms with E-state index in [1.54, 1.807) is 0 Å². The van der Waals surface area contributed by atoms with Gasteiger partial charge in [0.2, 0.25) is 0 Å². The summed E-state index contributed by atoms with van der Waals surface area (Å²) in [6, 6.07) is 6.59. The third-order valence-electron chi connectivity index (χ3n) is 2.77.